The molecule has 0 radical (unpaired) electrons. The van der Waals surface area contributed by atoms with E-state index in [1.54, 1.807) is 4.90 Å². The molecular formula is C23H27NO4S. The van der Waals surface area contributed by atoms with Gasteiger partial charge in [0.2, 0.25) is 0 Å². The van der Waals surface area contributed by atoms with Gasteiger partial charge < -0.3 is 14.7 Å². The summed E-state index contributed by atoms with van der Waals surface area (Å²) in [7, 11) is 0. The molecule has 2 aromatic rings. The predicted molar refractivity (Wildman–Crippen MR) is 115 cm³/mol. The van der Waals surface area contributed by atoms with Gasteiger partial charge in [0.25, 0.3) is 11.7 Å². The third-order valence-corrected chi connectivity index (χ3v) is 5.92. The van der Waals surface area contributed by atoms with Crippen molar-refractivity contribution in [3.05, 3.63) is 62.9 Å². The standard InChI is InChI=1S/C23H27NO4S/c1-14(2)28-11-6-10-24-20(18-7-5-12-29-18)19(22(26)23(24)27)21(25)17-13-15(3)8-9-16(17)4/h5,7-9,12-14,20,25H,6,10-11H2,1-4H3/b21-19-. The number of likely N-dealkylation sites (tertiary alicyclic amines) is 1. The summed E-state index contributed by atoms with van der Waals surface area (Å²) in [5.74, 6) is -1.31. The van der Waals surface area contributed by atoms with Crippen LogP contribution in [0.15, 0.2) is 41.3 Å². The number of ether oxygens (including phenoxy) is 1. The molecule has 0 saturated carbocycles. The minimum atomic E-state index is -0.633. The van der Waals surface area contributed by atoms with E-state index in [2.05, 4.69) is 0 Å². The van der Waals surface area contributed by atoms with E-state index < -0.39 is 17.7 Å². The SMILES string of the molecule is Cc1ccc(C)c(/C(O)=C2/C(=O)C(=O)N(CCCOC(C)C)C2c2cccs2)c1. The van der Waals surface area contributed by atoms with Gasteiger partial charge >= 0.3 is 0 Å². The third-order valence-electron chi connectivity index (χ3n) is 5.00. The number of hydrogen-bond acceptors (Lipinski definition) is 5. The first-order chi connectivity index (χ1) is 13.8. The first-order valence-corrected chi connectivity index (χ1v) is 10.7. The number of ketones is 1. The molecule has 0 bridgehead atoms. The lowest BCUT2D eigenvalue weighted by molar-refractivity contribution is -0.140. The second-order valence-corrected chi connectivity index (χ2v) is 8.58. The van der Waals surface area contributed by atoms with Crippen LogP contribution in [0.5, 0.6) is 0 Å². The van der Waals surface area contributed by atoms with Crippen molar-refractivity contribution in [2.45, 2.75) is 46.3 Å². The van der Waals surface area contributed by atoms with Crippen LogP contribution in [-0.2, 0) is 14.3 Å². The Morgan fingerprint density at radius 1 is 1.24 bits per heavy atom. The van der Waals surface area contributed by atoms with Gasteiger partial charge in [-0.05, 0) is 57.2 Å². The molecule has 1 aromatic carbocycles. The number of nitrogens with zero attached hydrogens (tertiary/aromatic N) is 1. The Bertz CT molecular complexity index is 930. The molecule has 5 nitrogen and oxygen atoms in total. The molecule has 2 heterocycles. The number of aliphatic hydroxyl groups excluding tert-OH is 1. The lowest BCUT2D eigenvalue weighted by atomic mass is 9.96. The van der Waals surface area contributed by atoms with Crippen LogP contribution in [0.25, 0.3) is 5.76 Å². The van der Waals surface area contributed by atoms with E-state index in [1.165, 1.54) is 11.3 Å². The summed E-state index contributed by atoms with van der Waals surface area (Å²) in [6, 6.07) is 8.92. The number of carbonyl (C=O) groups excluding carboxylic acids is 2. The molecule has 1 aliphatic heterocycles. The number of benzene rings is 1. The van der Waals surface area contributed by atoms with E-state index in [9.17, 15) is 14.7 Å². The highest BCUT2D eigenvalue weighted by Gasteiger charge is 2.46. The van der Waals surface area contributed by atoms with E-state index >= 15 is 0 Å². The minimum Gasteiger partial charge on any atom is -0.507 e. The fourth-order valence-electron chi connectivity index (χ4n) is 3.54. The monoisotopic (exact) mass is 413 g/mol. The van der Waals surface area contributed by atoms with Gasteiger partial charge in [-0.2, -0.15) is 0 Å². The fraction of sp³-hybridized carbons (Fsp3) is 0.391. The molecule has 3 rings (SSSR count). The van der Waals surface area contributed by atoms with Gasteiger partial charge in [0.15, 0.2) is 0 Å². The highest BCUT2D eigenvalue weighted by Crippen LogP contribution is 2.41. The van der Waals surface area contributed by atoms with Crippen molar-refractivity contribution in [3.63, 3.8) is 0 Å². The van der Waals surface area contributed by atoms with Crippen molar-refractivity contribution in [2.24, 2.45) is 0 Å². The van der Waals surface area contributed by atoms with Gasteiger partial charge in [-0.1, -0.05) is 23.8 Å². The first-order valence-electron chi connectivity index (χ1n) is 9.82. The summed E-state index contributed by atoms with van der Waals surface area (Å²) in [6.07, 6.45) is 0.735. The van der Waals surface area contributed by atoms with Gasteiger partial charge in [-0.15, -0.1) is 11.3 Å². The molecule has 1 N–H and O–H groups in total. The summed E-state index contributed by atoms with van der Waals surface area (Å²) < 4.78 is 5.58. The van der Waals surface area contributed by atoms with Crippen LogP contribution in [-0.4, -0.2) is 41.0 Å². The highest BCUT2D eigenvalue weighted by atomic mass is 32.1. The van der Waals surface area contributed by atoms with E-state index in [1.807, 2.05) is 63.4 Å². The summed E-state index contributed by atoms with van der Waals surface area (Å²) in [4.78, 5) is 28.2. The number of aryl methyl sites for hydroxylation is 2. The van der Waals surface area contributed by atoms with Gasteiger partial charge in [-0.3, -0.25) is 9.59 Å². The van der Waals surface area contributed by atoms with Crippen molar-refractivity contribution in [2.75, 3.05) is 13.2 Å². The smallest absolute Gasteiger partial charge is 0.295 e. The van der Waals surface area contributed by atoms with Crippen LogP contribution in [0.1, 0.15) is 47.9 Å². The zero-order valence-electron chi connectivity index (χ0n) is 17.3. The van der Waals surface area contributed by atoms with E-state index in [0.29, 0.717) is 25.1 Å². The van der Waals surface area contributed by atoms with Gasteiger partial charge in [-0.25, -0.2) is 0 Å². The van der Waals surface area contributed by atoms with E-state index in [4.69, 9.17) is 4.74 Å². The van der Waals surface area contributed by atoms with Crippen molar-refractivity contribution in [1.29, 1.82) is 0 Å². The Morgan fingerprint density at radius 3 is 2.66 bits per heavy atom. The molecule has 1 aliphatic rings. The lowest BCUT2D eigenvalue weighted by Crippen LogP contribution is -2.31. The summed E-state index contributed by atoms with van der Waals surface area (Å²) in [5, 5.41) is 13.0. The van der Waals surface area contributed by atoms with Gasteiger partial charge in [0.1, 0.15) is 5.76 Å². The Balaban J connectivity index is 2.02. The molecule has 6 heteroatoms. The quantitative estimate of drug-likeness (QED) is 0.312. The number of hydrogen-bond donors (Lipinski definition) is 1. The molecular weight excluding hydrogens is 386 g/mol. The molecule has 1 atom stereocenters. The number of thiophene rings is 1. The molecule has 154 valence electrons. The molecule has 1 amide bonds. The van der Waals surface area contributed by atoms with Gasteiger partial charge in [0.05, 0.1) is 17.7 Å². The second-order valence-electron chi connectivity index (χ2n) is 7.60. The van der Waals surface area contributed by atoms with E-state index in [-0.39, 0.29) is 17.4 Å². The molecule has 29 heavy (non-hydrogen) atoms. The van der Waals surface area contributed by atoms with Crippen LogP contribution in [0.2, 0.25) is 0 Å². The van der Waals surface area contributed by atoms with Crippen LogP contribution >= 0.6 is 11.3 Å². The van der Waals surface area contributed by atoms with Gasteiger partial charge in [0, 0.05) is 23.6 Å². The van der Waals surface area contributed by atoms with Crippen LogP contribution in [0, 0.1) is 13.8 Å². The van der Waals surface area contributed by atoms with Crippen molar-refractivity contribution >= 4 is 28.8 Å². The molecule has 1 unspecified atom stereocenters. The average molecular weight is 414 g/mol. The summed E-state index contributed by atoms with van der Waals surface area (Å²) in [5.41, 5.74) is 2.59. The normalized spacial score (nSPS) is 18.8. The maximum atomic E-state index is 12.9. The predicted octanol–water partition coefficient (Wildman–Crippen LogP) is 4.60. The third kappa shape index (κ3) is 4.43. The Hall–Kier alpha value is -2.44. The number of carbonyl (C=O) groups is 2. The summed E-state index contributed by atoms with van der Waals surface area (Å²) in [6.45, 7) is 8.64. The second kappa shape index (κ2) is 8.93. The molecule has 1 fully saturated rings. The summed E-state index contributed by atoms with van der Waals surface area (Å²) >= 11 is 1.47. The van der Waals surface area contributed by atoms with Crippen LogP contribution in [0.4, 0.5) is 0 Å². The minimum absolute atomic E-state index is 0.108. The average Bonchev–Trinajstić information content (AvgIpc) is 3.28. The zero-order chi connectivity index (χ0) is 21.1. The molecule has 1 saturated heterocycles. The molecule has 0 spiro atoms. The fourth-order valence-corrected chi connectivity index (χ4v) is 4.39. The Kier molecular flexibility index (Phi) is 6.55. The van der Waals surface area contributed by atoms with Crippen LogP contribution in [0.3, 0.4) is 0 Å². The number of Topliss-reactive ketones (excluding diaryl/α,β-unsaturated/α-hetero) is 1. The maximum Gasteiger partial charge on any atom is 0.295 e. The van der Waals surface area contributed by atoms with Crippen LogP contribution < -0.4 is 0 Å². The maximum absolute atomic E-state index is 12.9. The molecule has 0 aliphatic carbocycles. The topological polar surface area (TPSA) is 66.8 Å². The number of rotatable bonds is 7. The highest BCUT2D eigenvalue weighted by molar-refractivity contribution is 7.10. The lowest BCUT2D eigenvalue weighted by Gasteiger charge is -2.24. The van der Waals surface area contributed by atoms with Crippen molar-refractivity contribution < 1.29 is 19.4 Å². The molecule has 1 aromatic heterocycles. The Labute approximate surface area is 175 Å². The zero-order valence-corrected chi connectivity index (χ0v) is 18.1. The number of aliphatic hydroxyl groups is 1. The van der Waals surface area contributed by atoms with E-state index in [0.717, 1.165) is 16.0 Å². The first kappa shape index (κ1) is 21.3. The number of amides is 1. The Morgan fingerprint density at radius 2 is 2.00 bits per heavy atom. The largest absolute Gasteiger partial charge is 0.507 e. The van der Waals surface area contributed by atoms with Crippen molar-refractivity contribution in [3.8, 4) is 0 Å². The van der Waals surface area contributed by atoms with Crippen molar-refractivity contribution in [1.82, 2.24) is 4.90 Å².